The van der Waals surface area contributed by atoms with Crippen molar-refractivity contribution in [1.82, 2.24) is 0 Å². The first kappa shape index (κ1) is 10.9. The third-order valence-corrected chi connectivity index (χ3v) is 2.26. The van der Waals surface area contributed by atoms with E-state index in [1.165, 1.54) is 6.92 Å². The largest absolute Gasteiger partial charge is 0.426 e. The molecule has 0 amide bonds. The SMILES string of the molecule is CC(=O)Oc1ccc(CBr)cc1C=O. The van der Waals surface area contributed by atoms with Crippen LogP contribution < -0.4 is 4.74 Å². The number of aldehydes is 1. The van der Waals surface area contributed by atoms with E-state index < -0.39 is 5.97 Å². The average molecular weight is 257 g/mol. The molecule has 0 aliphatic heterocycles. The lowest BCUT2D eigenvalue weighted by Crippen LogP contribution is -2.03. The van der Waals surface area contributed by atoms with Gasteiger partial charge in [-0.05, 0) is 17.7 Å². The van der Waals surface area contributed by atoms with Crippen molar-refractivity contribution in [2.75, 3.05) is 0 Å². The lowest BCUT2D eigenvalue weighted by Gasteiger charge is -2.05. The van der Waals surface area contributed by atoms with Crippen LogP contribution in [0.25, 0.3) is 0 Å². The average Bonchev–Trinajstić information content (AvgIpc) is 2.17. The predicted molar refractivity (Wildman–Crippen MR) is 55.8 cm³/mol. The van der Waals surface area contributed by atoms with Crippen LogP contribution in [0.3, 0.4) is 0 Å². The second-order valence-electron chi connectivity index (χ2n) is 2.72. The van der Waals surface area contributed by atoms with E-state index in [2.05, 4.69) is 15.9 Å². The molecule has 0 aromatic heterocycles. The Morgan fingerprint density at radius 3 is 2.79 bits per heavy atom. The number of benzene rings is 1. The van der Waals surface area contributed by atoms with E-state index in [1.54, 1.807) is 18.2 Å². The summed E-state index contributed by atoms with van der Waals surface area (Å²) >= 11 is 3.27. The van der Waals surface area contributed by atoms with Crippen LogP contribution in [0.15, 0.2) is 18.2 Å². The molecule has 0 saturated heterocycles. The smallest absolute Gasteiger partial charge is 0.308 e. The highest BCUT2D eigenvalue weighted by atomic mass is 79.9. The maximum atomic E-state index is 10.7. The van der Waals surface area contributed by atoms with Crippen LogP contribution in [0, 0.1) is 0 Å². The van der Waals surface area contributed by atoms with Gasteiger partial charge in [0.2, 0.25) is 0 Å². The summed E-state index contributed by atoms with van der Waals surface area (Å²) in [6.45, 7) is 1.30. The molecule has 1 aromatic rings. The molecule has 0 N–H and O–H groups in total. The van der Waals surface area contributed by atoms with Crippen LogP contribution >= 0.6 is 15.9 Å². The predicted octanol–water partition coefficient (Wildman–Crippen LogP) is 2.32. The van der Waals surface area contributed by atoms with E-state index in [1.807, 2.05) is 0 Å². The maximum Gasteiger partial charge on any atom is 0.308 e. The second-order valence-corrected chi connectivity index (χ2v) is 3.28. The van der Waals surface area contributed by atoms with Gasteiger partial charge in [-0.15, -0.1) is 0 Å². The van der Waals surface area contributed by atoms with Gasteiger partial charge in [-0.1, -0.05) is 22.0 Å². The molecule has 0 aliphatic carbocycles. The lowest BCUT2D eigenvalue weighted by atomic mass is 10.1. The Balaban J connectivity index is 3.04. The number of carbonyl (C=O) groups is 2. The minimum atomic E-state index is -0.431. The van der Waals surface area contributed by atoms with Crippen LogP contribution in [-0.2, 0) is 10.1 Å². The third-order valence-electron chi connectivity index (χ3n) is 1.61. The number of halogens is 1. The first-order valence-electron chi connectivity index (χ1n) is 4.00. The van der Waals surface area contributed by atoms with Gasteiger partial charge < -0.3 is 4.74 Å². The Labute approximate surface area is 90.2 Å². The molecule has 3 nitrogen and oxygen atoms in total. The third kappa shape index (κ3) is 2.67. The van der Waals surface area contributed by atoms with Crippen molar-refractivity contribution in [1.29, 1.82) is 0 Å². The minimum Gasteiger partial charge on any atom is -0.426 e. The summed E-state index contributed by atoms with van der Waals surface area (Å²) in [7, 11) is 0. The summed E-state index contributed by atoms with van der Waals surface area (Å²) in [5.41, 5.74) is 1.35. The highest BCUT2D eigenvalue weighted by Crippen LogP contribution is 2.19. The topological polar surface area (TPSA) is 43.4 Å². The first-order valence-corrected chi connectivity index (χ1v) is 5.12. The quantitative estimate of drug-likeness (QED) is 0.361. The molecule has 0 unspecified atom stereocenters. The van der Waals surface area contributed by atoms with Gasteiger partial charge in [-0.3, -0.25) is 9.59 Å². The highest BCUT2D eigenvalue weighted by molar-refractivity contribution is 9.08. The molecule has 0 heterocycles. The van der Waals surface area contributed by atoms with Crippen molar-refractivity contribution in [3.8, 4) is 5.75 Å². The molecule has 14 heavy (non-hydrogen) atoms. The Morgan fingerprint density at radius 1 is 1.57 bits per heavy atom. The van der Waals surface area contributed by atoms with Crippen LogP contribution in [-0.4, -0.2) is 12.3 Å². The number of hydrogen-bond acceptors (Lipinski definition) is 3. The van der Waals surface area contributed by atoms with E-state index in [-0.39, 0.29) is 0 Å². The first-order chi connectivity index (χ1) is 6.67. The zero-order valence-electron chi connectivity index (χ0n) is 7.62. The van der Waals surface area contributed by atoms with Gasteiger partial charge in [0.05, 0.1) is 5.56 Å². The Morgan fingerprint density at radius 2 is 2.29 bits per heavy atom. The van der Waals surface area contributed by atoms with E-state index >= 15 is 0 Å². The molecule has 74 valence electrons. The molecular formula is C10H9BrO3. The molecule has 0 spiro atoms. The summed E-state index contributed by atoms with van der Waals surface area (Å²) < 4.78 is 4.85. The Bertz CT molecular complexity index is 360. The standard InChI is InChI=1S/C10H9BrO3/c1-7(13)14-10-3-2-8(5-11)4-9(10)6-12/h2-4,6H,5H2,1H3. The number of ether oxygens (including phenoxy) is 1. The van der Waals surface area contributed by atoms with Gasteiger partial charge in [0.15, 0.2) is 6.29 Å². The Hall–Kier alpha value is -1.16. The van der Waals surface area contributed by atoms with Crippen LogP contribution in [0.2, 0.25) is 0 Å². The van der Waals surface area contributed by atoms with Crippen LogP contribution in [0.4, 0.5) is 0 Å². The van der Waals surface area contributed by atoms with Gasteiger partial charge in [0, 0.05) is 12.3 Å². The number of rotatable bonds is 3. The summed E-state index contributed by atoms with van der Waals surface area (Å²) in [5, 5.41) is 0.661. The van der Waals surface area contributed by atoms with Gasteiger partial charge in [0.1, 0.15) is 5.75 Å². The number of esters is 1. The minimum absolute atomic E-state index is 0.303. The number of hydrogen-bond donors (Lipinski definition) is 0. The molecule has 1 aromatic carbocycles. The maximum absolute atomic E-state index is 10.7. The van der Waals surface area contributed by atoms with Crippen molar-refractivity contribution in [3.63, 3.8) is 0 Å². The monoisotopic (exact) mass is 256 g/mol. The Kier molecular flexibility index (Phi) is 3.83. The molecule has 4 heteroatoms. The van der Waals surface area contributed by atoms with Crippen molar-refractivity contribution in [3.05, 3.63) is 29.3 Å². The van der Waals surface area contributed by atoms with Crippen molar-refractivity contribution >= 4 is 28.2 Å². The fourth-order valence-corrected chi connectivity index (χ4v) is 1.37. The number of alkyl halides is 1. The zero-order valence-corrected chi connectivity index (χ0v) is 9.21. The summed E-state index contributed by atoms with van der Waals surface area (Å²) in [4.78, 5) is 21.4. The normalized spacial score (nSPS) is 9.57. The van der Waals surface area contributed by atoms with Crippen molar-refractivity contribution in [2.24, 2.45) is 0 Å². The van der Waals surface area contributed by atoms with E-state index in [0.29, 0.717) is 22.9 Å². The molecular weight excluding hydrogens is 248 g/mol. The molecule has 1 rings (SSSR count). The molecule has 0 saturated carbocycles. The van der Waals surface area contributed by atoms with Crippen LogP contribution in [0.5, 0.6) is 5.75 Å². The molecule has 0 aliphatic rings. The lowest BCUT2D eigenvalue weighted by molar-refractivity contribution is -0.131. The number of carbonyl (C=O) groups excluding carboxylic acids is 2. The molecule has 0 radical (unpaired) electrons. The van der Waals surface area contributed by atoms with Gasteiger partial charge in [0.25, 0.3) is 0 Å². The van der Waals surface area contributed by atoms with Crippen LogP contribution in [0.1, 0.15) is 22.8 Å². The fraction of sp³-hybridized carbons (Fsp3) is 0.200. The highest BCUT2D eigenvalue weighted by Gasteiger charge is 2.05. The zero-order chi connectivity index (χ0) is 10.6. The molecule has 0 bridgehead atoms. The molecule has 0 fully saturated rings. The fourth-order valence-electron chi connectivity index (χ4n) is 1.02. The summed E-state index contributed by atoms with van der Waals surface area (Å²) in [6.07, 6.45) is 0.671. The van der Waals surface area contributed by atoms with E-state index in [0.717, 1.165) is 5.56 Å². The van der Waals surface area contributed by atoms with E-state index in [4.69, 9.17) is 4.74 Å². The summed E-state index contributed by atoms with van der Waals surface area (Å²) in [5.74, 6) is -0.128. The second kappa shape index (κ2) is 4.91. The van der Waals surface area contributed by atoms with E-state index in [9.17, 15) is 9.59 Å². The van der Waals surface area contributed by atoms with Crippen molar-refractivity contribution < 1.29 is 14.3 Å². The van der Waals surface area contributed by atoms with Crippen molar-refractivity contribution in [2.45, 2.75) is 12.3 Å². The molecule has 0 atom stereocenters. The van der Waals surface area contributed by atoms with Gasteiger partial charge in [-0.25, -0.2) is 0 Å². The van der Waals surface area contributed by atoms with Gasteiger partial charge >= 0.3 is 5.97 Å². The summed E-state index contributed by atoms with van der Waals surface area (Å²) in [6, 6.07) is 5.09. The van der Waals surface area contributed by atoms with Gasteiger partial charge in [-0.2, -0.15) is 0 Å².